The van der Waals surface area contributed by atoms with E-state index in [0.717, 1.165) is 45.8 Å². The largest absolute Gasteiger partial charge is 0.392 e. The van der Waals surface area contributed by atoms with Gasteiger partial charge in [-0.05, 0) is 26.4 Å². The maximum atomic E-state index is 9.29. The molecule has 1 unspecified atom stereocenters. The van der Waals surface area contributed by atoms with E-state index >= 15 is 0 Å². The SMILES string of the molecule is CC(O)CN1CCCN(CCN)CC1. The summed E-state index contributed by atoms with van der Waals surface area (Å²) >= 11 is 0. The second-order valence-electron chi connectivity index (χ2n) is 4.13. The highest BCUT2D eigenvalue weighted by Gasteiger charge is 2.14. The highest BCUT2D eigenvalue weighted by Crippen LogP contribution is 2.03. The molecule has 4 heteroatoms. The quantitative estimate of drug-likeness (QED) is 0.634. The molecule has 14 heavy (non-hydrogen) atoms. The summed E-state index contributed by atoms with van der Waals surface area (Å²) in [5.41, 5.74) is 5.53. The minimum Gasteiger partial charge on any atom is -0.392 e. The van der Waals surface area contributed by atoms with Gasteiger partial charge in [0, 0.05) is 32.7 Å². The Bertz CT molecular complexity index is 152. The molecule has 0 amide bonds. The van der Waals surface area contributed by atoms with Gasteiger partial charge in [-0.15, -0.1) is 0 Å². The van der Waals surface area contributed by atoms with E-state index in [0.29, 0.717) is 0 Å². The fourth-order valence-electron chi connectivity index (χ4n) is 1.99. The lowest BCUT2D eigenvalue weighted by Gasteiger charge is -2.22. The Morgan fingerprint density at radius 2 is 1.86 bits per heavy atom. The Morgan fingerprint density at radius 1 is 1.21 bits per heavy atom. The van der Waals surface area contributed by atoms with Crippen LogP contribution in [0.15, 0.2) is 0 Å². The molecule has 1 heterocycles. The van der Waals surface area contributed by atoms with Gasteiger partial charge in [0.05, 0.1) is 6.10 Å². The molecule has 1 atom stereocenters. The normalized spacial score (nSPS) is 23.4. The van der Waals surface area contributed by atoms with Crippen molar-refractivity contribution < 1.29 is 5.11 Å². The van der Waals surface area contributed by atoms with Crippen molar-refractivity contribution in [3.8, 4) is 0 Å². The van der Waals surface area contributed by atoms with Crippen molar-refractivity contribution in [3.05, 3.63) is 0 Å². The highest BCUT2D eigenvalue weighted by molar-refractivity contribution is 4.70. The number of hydrogen-bond acceptors (Lipinski definition) is 4. The molecule has 0 aromatic carbocycles. The fourth-order valence-corrected chi connectivity index (χ4v) is 1.99. The molecule has 0 radical (unpaired) electrons. The molecular weight excluding hydrogens is 178 g/mol. The summed E-state index contributed by atoms with van der Waals surface area (Å²) in [4.78, 5) is 4.74. The van der Waals surface area contributed by atoms with Gasteiger partial charge in [0.2, 0.25) is 0 Å². The molecule has 4 nitrogen and oxygen atoms in total. The van der Waals surface area contributed by atoms with Crippen LogP contribution in [0.1, 0.15) is 13.3 Å². The number of hydrogen-bond donors (Lipinski definition) is 2. The van der Waals surface area contributed by atoms with Gasteiger partial charge in [-0.25, -0.2) is 0 Å². The smallest absolute Gasteiger partial charge is 0.0639 e. The van der Waals surface area contributed by atoms with Crippen LogP contribution in [0.4, 0.5) is 0 Å². The molecular formula is C10H23N3O. The third-order valence-corrected chi connectivity index (χ3v) is 2.65. The average Bonchev–Trinajstić information content (AvgIpc) is 2.31. The first-order chi connectivity index (χ1) is 6.72. The highest BCUT2D eigenvalue weighted by atomic mass is 16.3. The van der Waals surface area contributed by atoms with Crippen LogP contribution in [0.25, 0.3) is 0 Å². The number of β-amino-alcohol motifs (C(OH)–C–C–N with tert-alkyl or cyclic N) is 1. The van der Waals surface area contributed by atoms with Gasteiger partial charge in [-0.3, -0.25) is 4.90 Å². The lowest BCUT2D eigenvalue weighted by Crippen LogP contribution is -2.36. The van der Waals surface area contributed by atoms with E-state index in [1.165, 1.54) is 6.42 Å². The van der Waals surface area contributed by atoms with Crippen LogP contribution < -0.4 is 5.73 Å². The molecule has 1 fully saturated rings. The molecule has 84 valence electrons. The first kappa shape index (κ1) is 11.9. The molecule has 1 rings (SSSR count). The van der Waals surface area contributed by atoms with Crippen LogP contribution in [-0.4, -0.2) is 66.8 Å². The predicted octanol–water partition coefficient (Wildman–Crippen LogP) is -0.666. The second kappa shape index (κ2) is 6.35. The maximum Gasteiger partial charge on any atom is 0.0639 e. The standard InChI is InChI=1S/C10H23N3O/c1-10(14)9-13-5-2-4-12(6-3-11)7-8-13/h10,14H,2-9,11H2,1H3. The zero-order valence-corrected chi connectivity index (χ0v) is 9.15. The van der Waals surface area contributed by atoms with Gasteiger partial charge in [-0.1, -0.05) is 0 Å². The Balaban J connectivity index is 2.25. The van der Waals surface area contributed by atoms with Gasteiger partial charge in [0.25, 0.3) is 0 Å². The van der Waals surface area contributed by atoms with E-state index in [2.05, 4.69) is 9.80 Å². The molecule has 0 spiro atoms. The van der Waals surface area contributed by atoms with Crippen LogP contribution in [-0.2, 0) is 0 Å². The first-order valence-electron chi connectivity index (χ1n) is 5.55. The van der Waals surface area contributed by atoms with Gasteiger partial charge >= 0.3 is 0 Å². The van der Waals surface area contributed by atoms with E-state index in [1.807, 2.05) is 6.92 Å². The molecule has 0 bridgehead atoms. The van der Waals surface area contributed by atoms with E-state index in [9.17, 15) is 5.11 Å². The van der Waals surface area contributed by atoms with Crippen molar-refractivity contribution >= 4 is 0 Å². The molecule has 0 aromatic heterocycles. The Morgan fingerprint density at radius 3 is 2.50 bits per heavy atom. The van der Waals surface area contributed by atoms with Gasteiger partial charge in [-0.2, -0.15) is 0 Å². The molecule has 0 aliphatic carbocycles. The van der Waals surface area contributed by atoms with Gasteiger partial charge in [0.1, 0.15) is 0 Å². The lowest BCUT2D eigenvalue weighted by molar-refractivity contribution is 0.128. The molecule has 1 aliphatic heterocycles. The van der Waals surface area contributed by atoms with Crippen molar-refractivity contribution in [1.82, 2.24) is 9.80 Å². The van der Waals surface area contributed by atoms with Crippen molar-refractivity contribution in [3.63, 3.8) is 0 Å². The summed E-state index contributed by atoms with van der Waals surface area (Å²) in [7, 11) is 0. The summed E-state index contributed by atoms with van der Waals surface area (Å²) in [6.07, 6.45) is 0.975. The average molecular weight is 201 g/mol. The van der Waals surface area contributed by atoms with Crippen molar-refractivity contribution in [2.75, 3.05) is 45.8 Å². The van der Waals surface area contributed by atoms with Gasteiger partial charge < -0.3 is 15.7 Å². The molecule has 3 N–H and O–H groups in total. The molecule has 0 aromatic rings. The summed E-state index contributed by atoms with van der Waals surface area (Å²) in [5.74, 6) is 0. The van der Waals surface area contributed by atoms with E-state index < -0.39 is 0 Å². The zero-order chi connectivity index (χ0) is 10.4. The van der Waals surface area contributed by atoms with Crippen molar-refractivity contribution in [2.45, 2.75) is 19.4 Å². The number of aliphatic hydroxyl groups is 1. The van der Waals surface area contributed by atoms with Crippen LogP contribution >= 0.6 is 0 Å². The lowest BCUT2D eigenvalue weighted by atomic mass is 10.3. The number of aliphatic hydroxyl groups excluding tert-OH is 1. The minimum atomic E-state index is -0.212. The summed E-state index contributed by atoms with van der Waals surface area (Å²) in [6, 6.07) is 0. The molecule has 1 aliphatic rings. The third kappa shape index (κ3) is 4.37. The van der Waals surface area contributed by atoms with Crippen LogP contribution in [0, 0.1) is 0 Å². The van der Waals surface area contributed by atoms with E-state index in [1.54, 1.807) is 0 Å². The van der Waals surface area contributed by atoms with E-state index in [4.69, 9.17) is 5.73 Å². The maximum absolute atomic E-state index is 9.29. The predicted molar refractivity (Wildman–Crippen MR) is 58.2 cm³/mol. The summed E-state index contributed by atoms with van der Waals surface area (Å²) in [5, 5.41) is 9.29. The van der Waals surface area contributed by atoms with Gasteiger partial charge in [0.15, 0.2) is 0 Å². The Labute approximate surface area is 86.7 Å². The number of nitrogens with zero attached hydrogens (tertiary/aromatic N) is 2. The third-order valence-electron chi connectivity index (χ3n) is 2.65. The first-order valence-corrected chi connectivity index (χ1v) is 5.55. The fraction of sp³-hybridized carbons (Fsp3) is 1.00. The van der Waals surface area contributed by atoms with Crippen molar-refractivity contribution in [1.29, 1.82) is 0 Å². The molecule has 0 saturated carbocycles. The summed E-state index contributed by atoms with van der Waals surface area (Å²) in [6.45, 7) is 8.80. The monoisotopic (exact) mass is 201 g/mol. The number of nitrogens with two attached hydrogens (primary N) is 1. The second-order valence-corrected chi connectivity index (χ2v) is 4.13. The van der Waals surface area contributed by atoms with Crippen molar-refractivity contribution in [2.24, 2.45) is 5.73 Å². The topological polar surface area (TPSA) is 52.7 Å². The van der Waals surface area contributed by atoms with E-state index in [-0.39, 0.29) is 6.10 Å². The van der Waals surface area contributed by atoms with Crippen LogP contribution in [0.2, 0.25) is 0 Å². The Kier molecular flexibility index (Phi) is 5.40. The Hall–Kier alpha value is -0.160. The minimum absolute atomic E-state index is 0.212. The number of rotatable bonds is 4. The van der Waals surface area contributed by atoms with Crippen LogP contribution in [0.5, 0.6) is 0 Å². The molecule has 1 saturated heterocycles. The summed E-state index contributed by atoms with van der Waals surface area (Å²) < 4.78 is 0. The zero-order valence-electron chi connectivity index (χ0n) is 9.15. The van der Waals surface area contributed by atoms with Crippen LogP contribution in [0.3, 0.4) is 0 Å².